The Balaban J connectivity index is 4.67. The van der Waals surface area contributed by atoms with Gasteiger partial charge in [0.1, 0.15) is 0 Å². The van der Waals surface area contributed by atoms with E-state index in [-0.39, 0.29) is 11.7 Å². The van der Waals surface area contributed by atoms with E-state index in [4.69, 9.17) is 9.84 Å². The minimum atomic E-state index is -0.983. The van der Waals surface area contributed by atoms with Crippen molar-refractivity contribution >= 4 is 5.97 Å². The quantitative estimate of drug-likeness (QED) is 0.521. The molecule has 0 amide bonds. The lowest BCUT2D eigenvalue weighted by molar-refractivity contribution is -0.136. The van der Waals surface area contributed by atoms with Gasteiger partial charge in [0, 0.05) is 0 Å². The molecule has 0 aromatic heterocycles. The summed E-state index contributed by atoms with van der Waals surface area (Å²) >= 11 is 0. The van der Waals surface area contributed by atoms with E-state index in [1.807, 2.05) is 13.8 Å². The molecule has 0 aliphatic carbocycles. The van der Waals surface area contributed by atoms with Crippen molar-refractivity contribution in [2.24, 2.45) is 5.92 Å². The summed E-state index contributed by atoms with van der Waals surface area (Å²) in [4.78, 5) is 10.7. The van der Waals surface area contributed by atoms with E-state index in [1.54, 1.807) is 13.8 Å². The summed E-state index contributed by atoms with van der Waals surface area (Å²) in [6.07, 6.45) is 0. The van der Waals surface area contributed by atoms with E-state index in [9.17, 15) is 4.79 Å². The third-order valence-corrected chi connectivity index (χ3v) is 1.71. The highest BCUT2D eigenvalue weighted by Crippen LogP contribution is 2.15. The van der Waals surface area contributed by atoms with E-state index in [0.29, 0.717) is 6.61 Å². The highest BCUT2D eigenvalue weighted by atomic mass is 16.5. The molecule has 0 aromatic rings. The Bertz CT molecular complexity index is 192. The maximum atomic E-state index is 10.7. The van der Waals surface area contributed by atoms with Gasteiger partial charge in [0.25, 0.3) is 0 Å². The fourth-order valence-electron chi connectivity index (χ4n) is 0.751. The molecule has 0 rings (SSSR count). The summed E-state index contributed by atoms with van der Waals surface area (Å²) in [5.74, 6) is -0.682. The van der Waals surface area contributed by atoms with Gasteiger partial charge in [-0.05, 0) is 25.3 Å². The van der Waals surface area contributed by atoms with Gasteiger partial charge in [-0.1, -0.05) is 13.8 Å². The molecule has 0 unspecified atom stereocenters. The van der Waals surface area contributed by atoms with Gasteiger partial charge in [-0.25, -0.2) is 4.79 Å². The number of rotatable bonds is 4. The maximum Gasteiger partial charge on any atom is 0.371 e. The van der Waals surface area contributed by atoms with Gasteiger partial charge in [-0.15, -0.1) is 0 Å². The van der Waals surface area contributed by atoms with Crippen LogP contribution in [0, 0.1) is 5.92 Å². The molecular weight excluding hydrogens is 156 g/mol. The SMILES string of the molecule is CCOC(C(=O)O)=C(C)C(C)C. The van der Waals surface area contributed by atoms with Crippen molar-refractivity contribution in [1.29, 1.82) is 0 Å². The Morgan fingerprint density at radius 2 is 2.00 bits per heavy atom. The minimum Gasteiger partial charge on any atom is -0.487 e. The fraction of sp³-hybridized carbons (Fsp3) is 0.667. The smallest absolute Gasteiger partial charge is 0.371 e. The molecule has 1 N–H and O–H groups in total. The highest BCUT2D eigenvalue weighted by molar-refractivity contribution is 5.85. The van der Waals surface area contributed by atoms with Crippen molar-refractivity contribution in [3.05, 3.63) is 11.3 Å². The lowest BCUT2D eigenvalue weighted by atomic mass is 10.0. The van der Waals surface area contributed by atoms with E-state index in [2.05, 4.69) is 0 Å². The van der Waals surface area contributed by atoms with Crippen LogP contribution in [0.5, 0.6) is 0 Å². The van der Waals surface area contributed by atoms with Crippen molar-refractivity contribution in [2.45, 2.75) is 27.7 Å². The normalized spacial score (nSPS) is 12.8. The molecule has 0 radical (unpaired) electrons. The number of carboxylic acids is 1. The molecule has 12 heavy (non-hydrogen) atoms. The zero-order valence-electron chi connectivity index (χ0n) is 8.05. The Kier molecular flexibility index (Phi) is 4.40. The van der Waals surface area contributed by atoms with Crippen molar-refractivity contribution in [2.75, 3.05) is 6.61 Å². The van der Waals surface area contributed by atoms with Crippen LogP contribution in [0.1, 0.15) is 27.7 Å². The minimum absolute atomic E-state index is 0.0903. The molecule has 0 heterocycles. The molecule has 3 nitrogen and oxygen atoms in total. The second-order valence-electron chi connectivity index (χ2n) is 2.91. The summed E-state index contributed by atoms with van der Waals surface area (Å²) in [7, 11) is 0. The second-order valence-corrected chi connectivity index (χ2v) is 2.91. The van der Waals surface area contributed by atoms with Crippen molar-refractivity contribution < 1.29 is 14.6 Å². The first-order chi connectivity index (χ1) is 5.50. The number of hydrogen-bond acceptors (Lipinski definition) is 2. The Morgan fingerprint density at radius 3 is 2.25 bits per heavy atom. The van der Waals surface area contributed by atoms with E-state index in [0.717, 1.165) is 5.57 Å². The number of carbonyl (C=O) groups is 1. The van der Waals surface area contributed by atoms with Gasteiger partial charge in [0.2, 0.25) is 5.76 Å². The van der Waals surface area contributed by atoms with Gasteiger partial charge in [0.15, 0.2) is 0 Å². The zero-order valence-corrected chi connectivity index (χ0v) is 8.05. The molecule has 3 heteroatoms. The monoisotopic (exact) mass is 172 g/mol. The van der Waals surface area contributed by atoms with Gasteiger partial charge in [0.05, 0.1) is 6.61 Å². The molecular formula is C9H16O3. The molecule has 0 atom stereocenters. The van der Waals surface area contributed by atoms with E-state index < -0.39 is 5.97 Å². The van der Waals surface area contributed by atoms with Crippen LogP contribution in [-0.4, -0.2) is 17.7 Å². The van der Waals surface area contributed by atoms with E-state index >= 15 is 0 Å². The average molecular weight is 172 g/mol. The van der Waals surface area contributed by atoms with Crippen LogP contribution in [0.25, 0.3) is 0 Å². The van der Waals surface area contributed by atoms with Crippen LogP contribution in [-0.2, 0) is 9.53 Å². The predicted molar refractivity (Wildman–Crippen MR) is 46.8 cm³/mol. The lowest BCUT2D eigenvalue weighted by Crippen LogP contribution is -2.10. The van der Waals surface area contributed by atoms with Crippen LogP contribution >= 0.6 is 0 Å². The third-order valence-electron chi connectivity index (χ3n) is 1.71. The summed E-state index contributed by atoms with van der Waals surface area (Å²) < 4.78 is 5.01. The largest absolute Gasteiger partial charge is 0.487 e. The van der Waals surface area contributed by atoms with Crippen LogP contribution in [0.15, 0.2) is 11.3 Å². The number of carboxylic acid groups (broad SMARTS) is 1. The van der Waals surface area contributed by atoms with Gasteiger partial charge >= 0.3 is 5.97 Å². The Hall–Kier alpha value is -0.990. The number of allylic oxidation sites excluding steroid dienone is 1. The summed E-state index contributed by atoms with van der Waals surface area (Å²) in [6.45, 7) is 7.83. The molecule has 70 valence electrons. The van der Waals surface area contributed by atoms with Crippen molar-refractivity contribution in [3.63, 3.8) is 0 Å². The first-order valence-electron chi connectivity index (χ1n) is 4.07. The number of ether oxygens (including phenoxy) is 1. The number of hydrogen-bond donors (Lipinski definition) is 1. The van der Waals surface area contributed by atoms with Crippen LogP contribution in [0.2, 0.25) is 0 Å². The molecule has 0 saturated heterocycles. The van der Waals surface area contributed by atoms with E-state index in [1.165, 1.54) is 0 Å². The number of aliphatic carboxylic acids is 1. The van der Waals surface area contributed by atoms with Crippen molar-refractivity contribution in [1.82, 2.24) is 0 Å². The fourth-order valence-corrected chi connectivity index (χ4v) is 0.751. The predicted octanol–water partition coefficient (Wildman–Crippen LogP) is 2.04. The lowest BCUT2D eigenvalue weighted by Gasteiger charge is -2.11. The van der Waals surface area contributed by atoms with Crippen LogP contribution in [0.4, 0.5) is 0 Å². The molecule has 0 spiro atoms. The first kappa shape index (κ1) is 11.0. The van der Waals surface area contributed by atoms with Crippen LogP contribution in [0.3, 0.4) is 0 Å². The molecule has 0 aliphatic rings. The second kappa shape index (κ2) is 4.80. The highest BCUT2D eigenvalue weighted by Gasteiger charge is 2.14. The molecule has 0 aromatic carbocycles. The van der Waals surface area contributed by atoms with Gasteiger partial charge in [-0.3, -0.25) is 0 Å². The molecule has 0 saturated carbocycles. The zero-order chi connectivity index (χ0) is 9.72. The van der Waals surface area contributed by atoms with Gasteiger partial charge < -0.3 is 9.84 Å². The summed E-state index contributed by atoms with van der Waals surface area (Å²) in [5, 5.41) is 8.74. The maximum absolute atomic E-state index is 10.7. The Morgan fingerprint density at radius 1 is 1.50 bits per heavy atom. The van der Waals surface area contributed by atoms with Crippen molar-refractivity contribution in [3.8, 4) is 0 Å². The summed E-state index contributed by atoms with van der Waals surface area (Å²) in [6, 6.07) is 0. The summed E-state index contributed by atoms with van der Waals surface area (Å²) in [5.41, 5.74) is 0.782. The Labute approximate surface area is 73.0 Å². The molecule has 0 fully saturated rings. The first-order valence-corrected chi connectivity index (χ1v) is 4.07. The van der Waals surface area contributed by atoms with Gasteiger partial charge in [-0.2, -0.15) is 0 Å². The topological polar surface area (TPSA) is 46.5 Å². The average Bonchev–Trinajstić information content (AvgIpc) is 1.98. The van der Waals surface area contributed by atoms with Crippen LogP contribution < -0.4 is 0 Å². The molecule has 0 aliphatic heterocycles. The standard InChI is InChI=1S/C9H16O3/c1-5-12-8(9(10)11)7(4)6(2)3/h6H,5H2,1-4H3,(H,10,11). The third kappa shape index (κ3) is 2.95. The molecule has 0 bridgehead atoms.